The molecule has 8 nitrogen and oxygen atoms in total. The van der Waals surface area contributed by atoms with E-state index < -0.39 is 5.97 Å². The molecule has 2 aromatic heterocycles. The summed E-state index contributed by atoms with van der Waals surface area (Å²) < 4.78 is 6.86. The van der Waals surface area contributed by atoms with E-state index in [0.29, 0.717) is 28.4 Å². The van der Waals surface area contributed by atoms with Crippen LogP contribution in [0.2, 0.25) is 0 Å². The van der Waals surface area contributed by atoms with Gasteiger partial charge in [0.1, 0.15) is 22.7 Å². The fraction of sp³-hybridized carbons (Fsp3) is 0.111. The number of aromatic carboxylic acids is 1. The fourth-order valence-corrected chi connectivity index (χ4v) is 3.01. The highest BCUT2D eigenvalue weighted by atomic mass is 16.5. The van der Waals surface area contributed by atoms with Crippen molar-refractivity contribution in [1.29, 1.82) is 0 Å². The number of nitrogens with one attached hydrogen (secondary N) is 1. The lowest BCUT2D eigenvalue weighted by Crippen LogP contribution is -2.06. The Morgan fingerprint density at radius 2 is 2.04 bits per heavy atom. The maximum atomic E-state index is 11.3. The molecule has 0 spiro atoms. The highest BCUT2D eigenvalue weighted by Gasteiger charge is 2.18. The van der Waals surface area contributed by atoms with Crippen LogP contribution in [0.15, 0.2) is 42.6 Å². The van der Waals surface area contributed by atoms with Gasteiger partial charge >= 0.3 is 5.97 Å². The molecule has 2 heterocycles. The van der Waals surface area contributed by atoms with Crippen molar-refractivity contribution in [2.45, 2.75) is 6.92 Å². The minimum absolute atomic E-state index is 0.104. The summed E-state index contributed by atoms with van der Waals surface area (Å²) in [5, 5.41) is 25.9. The molecule has 0 bridgehead atoms. The average Bonchev–Trinajstić information content (AvgIpc) is 3.27. The first-order valence-corrected chi connectivity index (χ1v) is 7.87. The van der Waals surface area contributed by atoms with Crippen LogP contribution in [0, 0.1) is 6.92 Å². The van der Waals surface area contributed by atoms with Gasteiger partial charge in [0.15, 0.2) is 0 Å². The Hall–Kier alpha value is -3.68. The predicted molar refractivity (Wildman–Crippen MR) is 94.7 cm³/mol. The van der Waals surface area contributed by atoms with Crippen LogP contribution in [0.1, 0.15) is 15.9 Å². The Kier molecular flexibility index (Phi) is 3.65. The van der Waals surface area contributed by atoms with E-state index in [9.17, 15) is 9.90 Å². The summed E-state index contributed by atoms with van der Waals surface area (Å²) in [7, 11) is 1.45. The van der Waals surface area contributed by atoms with Crippen molar-refractivity contribution in [2.75, 3.05) is 7.11 Å². The molecule has 0 aliphatic rings. The first kappa shape index (κ1) is 15.8. The number of fused-ring (bicyclic) bond motifs is 1. The van der Waals surface area contributed by atoms with Crippen LogP contribution in [0.4, 0.5) is 0 Å². The number of methoxy groups -OCH3 is 1. The Bertz CT molecular complexity index is 1130. The number of H-pyrrole nitrogens is 1. The quantitative estimate of drug-likeness (QED) is 0.587. The van der Waals surface area contributed by atoms with Gasteiger partial charge in [0.2, 0.25) is 0 Å². The number of aromatic amines is 1. The van der Waals surface area contributed by atoms with Gasteiger partial charge < -0.3 is 9.84 Å². The van der Waals surface area contributed by atoms with Crippen LogP contribution >= 0.6 is 0 Å². The molecule has 0 amide bonds. The summed E-state index contributed by atoms with van der Waals surface area (Å²) in [5.74, 6) is -0.740. The molecule has 0 aliphatic heterocycles. The molecule has 0 radical (unpaired) electrons. The molecule has 0 unspecified atom stereocenters. The van der Waals surface area contributed by atoms with Crippen LogP contribution in [0.25, 0.3) is 28.0 Å². The van der Waals surface area contributed by atoms with Gasteiger partial charge in [-0.1, -0.05) is 23.4 Å². The first-order chi connectivity index (χ1) is 12.6. The van der Waals surface area contributed by atoms with E-state index in [0.717, 1.165) is 10.9 Å². The standard InChI is InChI=1S/C18H15N5O3/c1-10-15(8-7-12(18(24)25)17(10)26-2)23-9-14(20-22-23)16-11-5-3-4-6-13(11)19-21-16/h3-9H,1-2H3,(H,19,21)(H,24,25). The number of carboxylic acids is 1. The second kappa shape index (κ2) is 5.99. The van der Waals surface area contributed by atoms with Crippen molar-refractivity contribution in [3.8, 4) is 22.8 Å². The number of benzene rings is 2. The zero-order valence-corrected chi connectivity index (χ0v) is 14.1. The summed E-state index contributed by atoms with van der Waals surface area (Å²) in [6.45, 7) is 1.78. The van der Waals surface area contributed by atoms with Crippen molar-refractivity contribution in [2.24, 2.45) is 0 Å². The van der Waals surface area contributed by atoms with Crippen LogP contribution < -0.4 is 4.74 Å². The number of ether oxygens (including phenoxy) is 1. The van der Waals surface area contributed by atoms with E-state index in [-0.39, 0.29) is 5.56 Å². The van der Waals surface area contributed by atoms with Crippen molar-refractivity contribution < 1.29 is 14.6 Å². The van der Waals surface area contributed by atoms with E-state index in [1.165, 1.54) is 13.2 Å². The van der Waals surface area contributed by atoms with Crippen molar-refractivity contribution in [1.82, 2.24) is 25.2 Å². The normalized spacial score (nSPS) is 11.0. The number of hydrogen-bond acceptors (Lipinski definition) is 5. The van der Waals surface area contributed by atoms with Gasteiger partial charge in [-0.15, -0.1) is 5.10 Å². The molecular weight excluding hydrogens is 334 g/mol. The molecule has 0 saturated heterocycles. The lowest BCUT2D eigenvalue weighted by Gasteiger charge is -2.12. The van der Waals surface area contributed by atoms with Gasteiger partial charge in [-0.25, -0.2) is 9.48 Å². The van der Waals surface area contributed by atoms with Crippen molar-refractivity contribution in [3.63, 3.8) is 0 Å². The molecular formula is C18H15N5O3. The molecule has 2 aromatic carbocycles. The minimum Gasteiger partial charge on any atom is -0.495 e. The maximum absolute atomic E-state index is 11.3. The molecule has 0 fully saturated rings. The Morgan fingerprint density at radius 3 is 2.81 bits per heavy atom. The summed E-state index contributed by atoms with van der Waals surface area (Å²) >= 11 is 0. The third kappa shape index (κ3) is 2.39. The second-order valence-corrected chi connectivity index (χ2v) is 5.76. The number of hydrogen-bond donors (Lipinski definition) is 2. The van der Waals surface area contributed by atoms with Gasteiger partial charge in [0.25, 0.3) is 0 Å². The highest BCUT2D eigenvalue weighted by molar-refractivity contribution is 5.92. The van der Waals surface area contributed by atoms with Gasteiger partial charge in [-0.3, -0.25) is 5.10 Å². The number of carboxylic acid groups (broad SMARTS) is 1. The Morgan fingerprint density at radius 1 is 1.23 bits per heavy atom. The molecule has 4 rings (SSSR count). The number of nitrogens with zero attached hydrogens (tertiary/aromatic N) is 4. The van der Waals surface area contributed by atoms with E-state index >= 15 is 0 Å². The Balaban J connectivity index is 1.81. The third-order valence-electron chi connectivity index (χ3n) is 4.27. The fourth-order valence-electron chi connectivity index (χ4n) is 3.01. The number of rotatable bonds is 4. The summed E-state index contributed by atoms with van der Waals surface area (Å²) in [5.41, 5.74) is 3.69. The van der Waals surface area contributed by atoms with Gasteiger partial charge in [-0.05, 0) is 25.1 Å². The molecule has 4 aromatic rings. The minimum atomic E-state index is -1.04. The Labute approximate surface area is 148 Å². The number of aromatic nitrogens is 5. The third-order valence-corrected chi connectivity index (χ3v) is 4.27. The molecule has 130 valence electrons. The van der Waals surface area contributed by atoms with Crippen LogP contribution in [0.5, 0.6) is 5.75 Å². The molecule has 0 atom stereocenters. The van der Waals surface area contributed by atoms with Crippen molar-refractivity contribution >= 4 is 16.9 Å². The van der Waals surface area contributed by atoms with E-state index in [1.807, 2.05) is 24.3 Å². The smallest absolute Gasteiger partial charge is 0.339 e. The monoisotopic (exact) mass is 349 g/mol. The molecule has 26 heavy (non-hydrogen) atoms. The number of para-hydroxylation sites is 1. The highest BCUT2D eigenvalue weighted by Crippen LogP contribution is 2.30. The summed E-state index contributed by atoms with van der Waals surface area (Å²) in [4.78, 5) is 11.3. The maximum Gasteiger partial charge on any atom is 0.339 e. The van der Waals surface area contributed by atoms with E-state index in [2.05, 4.69) is 20.5 Å². The predicted octanol–water partition coefficient (Wildman–Crippen LogP) is 2.83. The van der Waals surface area contributed by atoms with Crippen LogP contribution in [-0.2, 0) is 0 Å². The number of carbonyl (C=O) groups is 1. The first-order valence-electron chi connectivity index (χ1n) is 7.87. The van der Waals surface area contributed by atoms with E-state index in [1.54, 1.807) is 23.9 Å². The van der Waals surface area contributed by atoms with Gasteiger partial charge in [-0.2, -0.15) is 5.10 Å². The molecule has 2 N–H and O–H groups in total. The zero-order valence-electron chi connectivity index (χ0n) is 14.1. The SMILES string of the molecule is COc1c(C(=O)O)ccc(-n2cc(-c3n[nH]c4ccccc34)nn2)c1C. The van der Waals surface area contributed by atoms with Gasteiger partial charge in [0, 0.05) is 10.9 Å². The van der Waals surface area contributed by atoms with Crippen LogP contribution in [-0.4, -0.2) is 43.4 Å². The largest absolute Gasteiger partial charge is 0.495 e. The molecule has 8 heteroatoms. The summed E-state index contributed by atoms with van der Waals surface area (Å²) in [6, 6.07) is 10.9. The summed E-state index contributed by atoms with van der Waals surface area (Å²) in [6.07, 6.45) is 1.75. The second-order valence-electron chi connectivity index (χ2n) is 5.76. The lowest BCUT2D eigenvalue weighted by molar-refractivity contribution is 0.0693. The lowest BCUT2D eigenvalue weighted by atomic mass is 10.1. The van der Waals surface area contributed by atoms with E-state index in [4.69, 9.17) is 4.74 Å². The van der Waals surface area contributed by atoms with Crippen molar-refractivity contribution in [3.05, 3.63) is 53.7 Å². The zero-order chi connectivity index (χ0) is 18.3. The van der Waals surface area contributed by atoms with Gasteiger partial charge in [0.05, 0.1) is 24.5 Å². The molecule has 0 aliphatic carbocycles. The topological polar surface area (TPSA) is 106 Å². The molecule has 0 saturated carbocycles. The van der Waals surface area contributed by atoms with Crippen LogP contribution in [0.3, 0.4) is 0 Å². The average molecular weight is 349 g/mol.